The van der Waals surface area contributed by atoms with Crippen molar-refractivity contribution in [2.75, 3.05) is 53.0 Å². The van der Waals surface area contributed by atoms with Gasteiger partial charge < -0.3 is 20.1 Å². The molecule has 1 atom stereocenters. The quantitative estimate of drug-likeness (QED) is 0.723. The van der Waals surface area contributed by atoms with Crippen LogP contribution in [0, 0.1) is 5.92 Å². The predicted octanol–water partition coefficient (Wildman–Crippen LogP) is 0.446. The van der Waals surface area contributed by atoms with Crippen molar-refractivity contribution in [2.24, 2.45) is 5.92 Å². The van der Waals surface area contributed by atoms with Crippen LogP contribution in [0.15, 0.2) is 23.1 Å². The van der Waals surface area contributed by atoms with E-state index in [0.29, 0.717) is 31.2 Å². The van der Waals surface area contributed by atoms with Crippen LogP contribution >= 0.6 is 0 Å². The van der Waals surface area contributed by atoms with Crippen LogP contribution in [0.3, 0.4) is 0 Å². The summed E-state index contributed by atoms with van der Waals surface area (Å²) in [6.45, 7) is 3.77. The van der Waals surface area contributed by atoms with Gasteiger partial charge in [-0.15, -0.1) is 0 Å². The number of amides is 1. The van der Waals surface area contributed by atoms with Gasteiger partial charge in [0.05, 0.1) is 20.3 Å². The normalized spacial score (nSPS) is 21.6. The van der Waals surface area contributed by atoms with Gasteiger partial charge in [0.2, 0.25) is 10.0 Å². The van der Waals surface area contributed by atoms with Gasteiger partial charge in [0.1, 0.15) is 10.6 Å². The van der Waals surface area contributed by atoms with Crippen molar-refractivity contribution in [3.8, 4) is 5.75 Å². The summed E-state index contributed by atoms with van der Waals surface area (Å²) in [5.41, 5.74) is 0.311. The highest BCUT2D eigenvalue weighted by atomic mass is 32.2. The van der Waals surface area contributed by atoms with E-state index >= 15 is 0 Å². The second-order valence-electron chi connectivity index (χ2n) is 6.80. The number of carbonyl (C=O) groups excluding carboxylic acids is 1. The molecule has 0 aromatic heterocycles. The van der Waals surface area contributed by atoms with E-state index in [2.05, 4.69) is 10.6 Å². The molecule has 1 aromatic rings. The topological polar surface area (TPSA) is 97.0 Å². The van der Waals surface area contributed by atoms with Gasteiger partial charge in [-0.25, -0.2) is 8.42 Å². The molecule has 2 aliphatic heterocycles. The van der Waals surface area contributed by atoms with Crippen molar-refractivity contribution in [3.05, 3.63) is 23.8 Å². The van der Waals surface area contributed by atoms with Crippen molar-refractivity contribution < 1.29 is 22.7 Å². The number of carbonyl (C=O) groups is 1. The lowest BCUT2D eigenvalue weighted by atomic mass is 9.99. The van der Waals surface area contributed by atoms with Gasteiger partial charge in [0.25, 0.3) is 5.91 Å². The number of hydrogen-bond donors (Lipinski definition) is 2. The van der Waals surface area contributed by atoms with Gasteiger partial charge in [-0.05, 0) is 50.0 Å². The molecule has 150 valence electrons. The third kappa shape index (κ3) is 4.78. The van der Waals surface area contributed by atoms with Gasteiger partial charge in [-0.1, -0.05) is 0 Å². The third-order valence-electron chi connectivity index (χ3n) is 4.96. The Morgan fingerprint density at radius 1 is 1.37 bits per heavy atom. The van der Waals surface area contributed by atoms with E-state index in [9.17, 15) is 13.2 Å². The number of methoxy groups -OCH3 is 1. The molecule has 1 amide bonds. The zero-order chi connectivity index (χ0) is 19.3. The van der Waals surface area contributed by atoms with Gasteiger partial charge in [-0.3, -0.25) is 4.79 Å². The predicted molar refractivity (Wildman–Crippen MR) is 100 cm³/mol. The van der Waals surface area contributed by atoms with E-state index in [-0.39, 0.29) is 29.6 Å². The zero-order valence-corrected chi connectivity index (χ0v) is 16.4. The minimum Gasteiger partial charge on any atom is -0.495 e. The van der Waals surface area contributed by atoms with E-state index in [0.717, 1.165) is 25.9 Å². The van der Waals surface area contributed by atoms with E-state index < -0.39 is 10.0 Å². The number of sulfonamides is 1. The summed E-state index contributed by atoms with van der Waals surface area (Å²) >= 11 is 0. The SMILES string of the molecule is COc1ccc(C(=O)NCC2CCCNC2)cc1S(=O)(=O)N1CCOCC1. The second kappa shape index (κ2) is 9.01. The number of hydrogen-bond acceptors (Lipinski definition) is 6. The smallest absolute Gasteiger partial charge is 0.251 e. The lowest BCUT2D eigenvalue weighted by Gasteiger charge is -2.27. The number of morpholine rings is 1. The molecule has 2 aliphatic rings. The molecule has 2 heterocycles. The zero-order valence-electron chi connectivity index (χ0n) is 15.6. The number of nitrogens with one attached hydrogen (secondary N) is 2. The first kappa shape index (κ1) is 20.1. The van der Waals surface area contributed by atoms with Crippen LogP contribution in [0.5, 0.6) is 5.75 Å². The van der Waals surface area contributed by atoms with E-state index in [1.54, 1.807) is 6.07 Å². The Hall–Kier alpha value is -1.68. The summed E-state index contributed by atoms with van der Waals surface area (Å²) in [6, 6.07) is 4.52. The fourth-order valence-electron chi connectivity index (χ4n) is 3.38. The van der Waals surface area contributed by atoms with Crippen LogP contribution in [0.25, 0.3) is 0 Å². The molecule has 2 saturated heterocycles. The van der Waals surface area contributed by atoms with E-state index in [1.807, 2.05) is 0 Å². The summed E-state index contributed by atoms with van der Waals surface area (Å²) < 4.78 is 37.8. The molecular formula is C18H27N3O5S. The molecule has 8 nitrogen and oxygen atoms in total. The number of nitrogens with zero attached hydrogens (tertiary/aromatic N) is 1. The first-order valence-electron chi connectivity index (χ1n) is 9.27. The maximum atomic E-state index is 13.0. The Morgan fingerprint density at radius 2 is 2.15 bits per heavy atom. The molecule has 0 radical (unpaired) electrons. The summed E-state index contributed by atoms with van der Waals surface area (Å²) in [5, 5.41) is 6.23. The second-order valence-corrected chi connectivity index (χ2v) is 8.71. The molecule has 0 saturated carbocycles. The monoisotopic (exact) mass is 397 g/mol. The van der Waals surface area contributed by atoms with E-state index in [4.69, 9.17) is 9.47 Å². The standard InChI is InChI=1S/C18H27N3O5S/c1-25-16-5-4-15(18(22)20-13-14-3-2-6-19-12-14)11-17(16)27(23,24)21-7-9-26-10-8-21/h4-5,11,14,19H,2-3,6-10,12-13H2,1H3,(H,20,22). The molecule has 1 aromatic carbocycles. The molecule has 0 aliphatic carbocycles. The fraction of sp³-hybridized carbons (Fsp3) is 0.611. The maximum Gasteiger partial charge on any atom is 0.251 e. The van der Waals surface area contributed by atoms with Gasteiger partial charge in [0.15, 0.2) is 0 Å². The van der Waals surface area contributed by atoms with Crippen molar-refractivity contribution in [1.29, 1.82) is 0 Å². The van der Waals surface area contributed by atoms with E-state index in [1.165, 1.54) is 23.5 Å². The lowest BCUT2D eigenvalue weighted by molar-refractivity contribution is 0.0729. The van der Waals surface area contributed by atoms with Crippen molar-refractivity contribution >= 4 is 15.9 Å². The molecule has 2 N–H and O–H groups in total. The first-order valence-corrected chi connectivity index (χ1v) is 10.7. The van der Waals surface area contributed by atoms with Crippen LogP contribution in [0.1, 0.15) is 23.2 Å². The third-order valence-corrected chi connectivity index (χ3v) is 6.88. The summed E-state index contributed by atoms with van der Waals surface area (Å²) in [5.74, 6) is 0.355. The number of rotatable bonds is 6. The van der Waals surface area contributed by atoms with Crippen LogP contribution in [0.4, 0.5) is 0 Å². The first-order chi connectivity index (χ1) is 13.0. The van der Waals surface area contributed by atoms with Crippen LogP contribution in [0.2, 0.25) is 0 Å². The van der Waals surface area contributed by atoms with Crippen LogP contribution in [-0.4, -0.2) is 71.7 Å². The Balaban J connectivity index is 1.77. The molecule has 27 heavy (non-hydrogen) atoms. The van der Waals surface area contributed by atoms with Gasteiger partial charge in [0, 0.05) is 25.2 Å². The largest absolute Gasteiger partial charge is 0.495 e. The van der Waals surface area contributed by atoms with Crippen molar-refractivity contribution in [1.82, 2.24) is 14.9 Å². The Morgan fingerprint density at radius 3 is 2.81 bits per heavy atom. The molecule has 3 rings (SSSR count). The molecular weight excluding hydrogens is 370 g/mol. The van der Waals surface area contributed by atoms with Crippen LogP contribution < -0.4 is 15.4 Å². The summed E-state index contributed by atoms with van der Waals surface area (Å²) in [4.78, 5) is 12.6. The Kier molecular flexibility index (Phi) is 6.69. The Bertz CT molecular complexity index is 756. The highest BCUT2D eigenvalue weighted by molar-refractivity contribution is 7.89. The maximum absolute atomic E-state index is 13.0. The van der Waals surface area contributed by atoms with Crippen molar-refractivity contribution in [3.63, 3.8) is 0 Å². The highest BCUT2D eigenvalue weighted by Gasteiger charge is 2.30. The van der Waals surface area contributed by atoms with Crippen LogP contribution in [-0.2, 0) is 14.8 Å². The lowest BCUT2D eigenvalue weighted by Crippen LogP contribution is -2.41. The average molecular weight is 397 g/mol. The molecule has 9 heteroatoms. The van der Waals surface area contributed by atoms with Crippen molar-refractivity contribution in [2.45, 2.75) is 17.7 Å². The van der Waals surface area contributed by atoms with Gasteiger partial charge >= 0.3 is 0 Å². The molecule has 0 spiro atoms. The number of ether oxygens (including phenoxy) is 2. The molecule has 1 unspecified atom stereocenters. The Labute approximate surface area is 160 Å². The average Bonchev–Trinajstić information content (AvgIpc) is 2.73. The fourth-order valence-corrected chi connectivity index (χ4v) is 4.97. The number of piperidine rings is 1. The minimum absolute atomic E-state index is 0.0129. The highest BCUT2D eigenvalue weighted by Crippen LogP contribution is 2.28. The van der Waals surface area contributed by atoms with Gasteiger partial charge in [-0.2, -0.15) is 4.31 Å². The summed E-state index contributed by atoms with van der Waals surface area (Å²) in [7, 11) is -2.34. The number of benzene rings is 1. The molecule has 0 bridgehead atoms. The summed E-state index contributed by atoms with van der Waals surface area (Å²) in [6.07, 6.45) is 2.18. The minimum atomic E-state index is -3.76. The molecule has 2 fully saturated rings.